The number of hydrogen-bond donors (Lipinski definition) is 0. The molecule has 0 aromatic carbocycles. The van der Waals surface area contributed by atoms with Crippen molar-refractivity contribution in [2.24, 2.45) is 0 Å². The summed E-state index contributed by atoms with van der Waals surface area (Å²) in [6, 6.07) is 0. The summed E-state index contributed by atoms with van der Waals surface area (Å²) in [6.45, 7) is 0.434. The van der Waals surface area contributed by atoms with Crippen LogP contribution in [0.15, 0.2) is 0 Å². The molecule has 0 spiro atoms. The second-order valence-electron chi connectivity index (χ2n) is 1.45. The monoisotopic (exact) mass is 352 g/mol. The Hall–Kier alpha value is 4.73. The topological polar surface area (TPSA) is 0 Å². The SMILES string of the molecule is [PH]PP(P)P(P([PH])P)P(P)P. The van der Waals surface area contributed by atoms with Crippen LogP contribution in [0.25, 0.3) is 0 Å². The van der Waals surface area contributed by atoms with Crippen LogP contribution in [-0.4, -0.2) is 0 Å². The van der Waals surface area contributed by atoms with E-state index < -0.39 is 0 Å². The molecule has 8 unspecified atom stereocenters. The minimum atomic E-state index is 0.00940. The molecule has 0 aliphatic carbocycles. The molecule has 8 atom stereocenters. The van der Waals surface area contributed by atoms with E-state index in [4.69, 9.17) is 0 Å². The van der Waals surface area contributed by atoms with Crippen LogP contribution < -0.4 is 0 Å². The van der Waals surface area contributed by atoms with Crippen molar-refractivity contribution in [3.63, 3.8) is 0 Å². The lowest BCUT2D eigenvalue weighted by molar-refractivity contribution is 4.67. The van der Waals surface area contributed by atoms with Crippen molar-refractivity contribution in [2.75, 3.05) is 0 Å². The third kappa shape index (κ3) is 6.80. The van der Waals surface area contributed by atoms with E-state index in [0.29, 0.717) is 0 Å². The molecule has 0 aromatic rings. The molecule has 0 aliphatic rings. The highest BCUT2D eigenvalue weighted by molar-refractivity contribution is 9.18. The molecule has 0 bridgehead atoms. The lowest BCUT2D eigenvalue weighted by atomic mass is 28.7. The van der Waals surface area contributed by atoms with Gasteiger partial charge in [-0.2, -0.15) is 0 Å². The van der Waals surface area contributed by atoms with Crippen molar-refractivity contribution >= 4 is 89.5 Å². The van der Waals surface area contributed by atoms with E-state index in [-0.39, 0.29) is 27.9 Å². The minimum absolute atomic E-state index is 0.00940. The summed E-state index contributed by atoms with van der Waals surface area (Å²) >= 11 is 0. The van der Waals surface area contributed by atoms with Crippen LogP contribution in [0.3, 0.4) is 0 Å². The second kappa shape index (κ2) is 8.83. The van der Waals surface area contributed by atoms with Crippen LogP contribution in [0.5, 0.6) is 0 Å². The van der Waals surface area contributed by atoms with E-state index in [0.717, 1.165) is 7.96 Å². The predicted octanol–water partition coefficient (Wildman–Crippen LogP) is 6.53. The van der Waals surface area contributed by atoms with Gasteiger partial charge in [-0.05, 0) is 27.9 Å². The van der Waals surface area contributed by atoms with Gasteiger partial charge in [-0.3, -0.25) is 0 Å². The molecule has 0 aliphatic heterocycles. The zero-order chi connectivity index (χ0) is 9.02. The van der Waals surface area contributed by atoms with Crippen molar-refractivity contribution in [1.82, 2.24) is 0 Å². The minimum Gasteiger partial charge on any atom is -0.102 e. The zero-order valence-corrected chi connectivity index (χ0v) is 16.8. The highest BCUT2D eigenvalue weighted by atomic mass is 33.2. The van der Waals surface area contributed by atoms with Gasteiger partial charge in [0.2, 0.25) is 0 Å². The number of rotatable bonds is 4. The van der Waals surface area contributed by atoms with Gasteiger partial charge in [0.15, 0.2) is 0 Å². The van der Waals surface area contributed by atoms with Gasteiger partial charge in [0.1, 0.15) is 0 Å². The summed E-state index contributed by atoms with van der Waals surface area (Å²) in [5.41, 5.74) is 0. The molecular weight excluding hydrogens is 341 g/mol. The summed E-state index contributed by atoms with van der Waals surface area (Å²) in [5, 5.41) is 0. The van der Waals surface area contributed by atoms with E-state index >= 15 is 0 Å². The van der Waals surface area contributed by atoms with E-state index in [1.807, 2.05) is 0 Å². The van der Waals surface area contributed by atoms with Gasteiger partial charge in [0.05, 0.1) is 0 Å². The fourth-order valence-electron chi connectivity index (χ4n) is 0.371. The smallest absolute Gasteiger partial charge is 0.00627 e. The maximum Gasteiger partial charge on any atom is -0.00627 e. The van der Waals surface area contributed by atoms with Crippen molar-refractivity contribution in [3.05, 3.63) is 0 Å². The van der Waals surface area contributed by atoms with Gasteiger partial charge in [-0.25, -0.2) is 0 Å². The highest BCUT2D eigenvalue weighted by Crippen LogP contribution is 3.12. The molecule has 0 rings (SSSR count). The fourth-order valence-corrected chi connectivity index (χ4v) is 90.2. The lowest BCUT2D eigenvalue weighted by Crippen LogP contribution is -1.39. The van der Waals surface area contributed by atoms with Crippen molar-refractivity contribution in [3.8, 4) is 0 Å². The molecule has 11 heavy (non-hydrogen) atoms. The second-order valence-corrected chi connectivity index (χ2v) is 39.1. The Morgan fingerprint density at radius 3 is 1.64 bits per heavy atom. The summed E-state index contributed by atoms with van der Waals surface area (Å²) in [5.74, 6) is 0. The Morgan fingerprint density at radius 1 is 1.09 bits per heavy atom. The predicted molar refractivity (Wildman–Crippen MR) is 91.5 cm³/mol. The average molecular weight is 352 g/mol. The molecule has 0 aromatic heterocycles. The Labute approximate surface area is 89.2 Å². The van der Waals surface area contributed by atoms with Crippen LogP contribution in [-0.2, 0) is 0 Å². The molecule has 2 radical (unpaired) electrons. The van der Waals surface area contributed by atoms with E-state index in [1.165, 1.54) is 0 Å². The molecule has 0 saturated carbocycles. The molecule has 11 heteroatoms. The first-order valence-electron chi connectivity index (χ1n) is 2.33. The third-order valence-electron chi connectivity index (χ3n) is 0.707. The molecule has 0 amide bonds. The normalized spacial score (nSPS) is 16.1. The summed E-state index contributed by atoms with van der Waals surface area (Å²) in [4.78, 5) is 0. The molecule has 0 N–H and O–H groups in total. The molecule has 0 saturated heterocycles. The Morgan fingerprint density at radius 2 is 1.55 bits per heavy atom. The first-order valence-corrected chi connectivity index (χ1v) is 21.0. The van der Waals surface area contributed by atoms with Crippen LogP contribution >= 0.6 is 89.5 Å². The van der Waals surface area contributed by atoms with Crippen LogP contribution in [0.2, 0.25) is 0 Å². The maximum atomic E-state index is 3.76. The zero-order valence-electron chi connectivity index (χ0n) is 5.60. The third-order valence-corrected chi connectivity index (χ3v) is 57.2. The van der Waals surface area contributed by atoms with Gasteiger partial charge >= 0.3 is 0 Å². The van der Waals surface area contributed by atoms with Crippen molar-refractivity contribution < 1.29 is 0 Å². The van der Waals surface area contributed by atoms with Crippen LogP contribution in [0.1, 0.15) is 0 Å². The molecule has 0 heterocycles. The van der Waals surface area contributed by atoms with Gasteiger partial charge in [0.25, 0.3) is 0 Å². The van der Waals surface area contributed by atoms with E-state index in [2.05, 4.69) is 53.6 Å². The van der Waals surface area contributed by atoms with Gasteiger partial charge in [-0.1, -0.05) is 25.8 Å². The first kappa shape index (κ1) is 15.7. The number of hydrogen-bond acceptors (Lipinski definition) is 0. The molecular formula is H11P11. The van der Waals surface area contributed by atoms with E-state index in [1.54, 1.807) is 0 Å². The van der Waals surface area contributed by atoms with Crippen molar-refractivity contribution in [2.45, 2.75) is 0 Å². The van der Waals surface area contributed by atoms with Gasteiger partial charge < -0.3 is 0 Å². The Bertz CT molecular complexity index is 84.2. The highest BCUT2D eigenvalue weighted by Gasteiger charge is 2.23. The lowest BCUT2D eigenvalue weighted by Gasteiger charge is -2.29. The maximum absolute atomic E-state index is 3.76. The average Bonchev–Trinajstić information content (AvgIpc) is 1.85. The largest absolute Gasteiger partial charge is 0.102 e. The standard InChI is InChI=1S/H11P11/c1-7-10(6)11(8(2)3)9(4)5/h1-2,7H,3-6H2. The van der Waals surface area contributed by atoms with Crippen LogP contribution in [0.4, 0.5) is 0 Å². The summed E-state index contributed by atoms with van der Waals surface area (Å²) in [6.07, 6.45) is 0. The van der Waals surface area contributed by atoms with Gasteiger partial charge in [-0.15, -0.1) is 35.7 Å². The Kier molecular flexibility index (Phi) is 12.6. The quantitative estimate of drug-likeness (QED) is 0.505. The first-order chi connectivity index (χ1) is 5.00. The van der Waals surface area contributed by atoms with Crippen molar-refractivity contribution in [1.29, 1.82) is 0 Å². The molecule has 0 fully saturated rings. The van der Waals surface area contributed by atoms with Gasteiger partial charge in [0, 0.05) is 0 Å². The fraction of sp³-hybridized carbons (Fsp3) is 0. The van der Waals surface area contributed by atoms with Crippen LogP contribution in [0, 0.1) is 0 Å². The van der Waals surface area contributed by atoms with E-state index in [9.17, 15) is 0 Å². The molecule has 66 valence electrons. The summed E-state index contributed by atoms with van der Waals surface area (Å²) < 4.78 is 0. The summed E-state index contributed by atoms with van der Waals surface area (Å²) in [7, 11) is 20.1. The molecule has 0 nitrogen and oxygen atoms in total. The Balaban J connectivity index is 4.09.